The highest BCUT2D eigenvalue weighted by Gasteiger charge is 2.26. The fourth-order valence-corrected chi connectivity index (χ4v) is 3.29. The number of rotatable bonds is 8. The van der Waals surface area contributed by atoms with Gasteiger partial charge in [-0.1, -0.05) is 24.3 Å². The van der Waals surface area contributed by atoms with Crippen LogP contribution in [0, 0.1) is 9.39 Å². The molecule has 0 spiro atoms. The van der Waals surface area contributed by atoms with Crippen molar-refractivity contribution < 1.29 is 23.9 Å². The van der Waals surface area contributed by atoms with Crippen molar-refractivity contribution in [3.8, 4) is 0 Å². The lowest BCUT2D eigenvalue weighted by atomic mass is 10.0. The van der Waals surface area contributed by atoms with Gasteiger partial charge in [-0.15, -0.1) is 0 Å². The van der Waals surface area contributed by atoms with Crippen LogP contribution in [0.2, 0.25) is 0 Å². The van der Waals surface area contributed by atoms with Gasteiger partial charge in [0.15, 0.2) is 0 Å². The highest BCUT2D eigenvalue weighted by molar-refractivity contribution is 14.1. The van der Waals surface area contributed by atoms with Crippen LogP contribution >= 0.6 is 22.6 Å². The fraction of sp³-hybridized carbons (Fsp3) is 0.250. The number of nitrogens with one attached hydrogen (secondary N) is 2. The molecule has 2 rings (SSSR count). The first-order valence-corrected chi connectivity index (χ1v) is 9.61. The zero-order valence-corrected chi connectivity index (χ0v) is 17.3. The zero-order chi connectivity index (χ0) is 20.7. The summed E-state index contributed by atoms with van der Waals surface area (Å²) >= 11 is 2.12. The van der Waals surface area contributed by atoms with E-state index in [2.05, 4.69) is 33.2 Å². The molecule has 0 radical (unpaired) electrons. The van der Waals surface area contributed by atoms with Crippen LogP contribution in [0.15, 0.2) is 48.5 Å². The first-order valence-electron chi connectivity index (χ1n) is 8.53. The quantitative estimate of drug-likeness (QED) is 0.487. The Balaban J connectivity index is 2.12. The van der Waals surface area contributed by atoms with Gasteiger partial charge >= 0.3 is 5.97 Å². The molecule has 3 N–H and O–H groups in total. The Morgan fingerprint density at radius 1 is 1.00 bits per heavy atom. The first kappa shape index (κ1) is 21.8. The van der Waals surface area contributed by atoms with E-state index in [0.29, 0.717) is 5.56 Å². The molecule has 28 heavy (non-hydrogen) atoms. The number of benzene rings is 2. The lowest BCUT2D eigenvalue weighted by Crippen LogP contribution is -2.52. The van der Waals surface area contributed by atoms with Crippen LogP contribution in [0.25, 0.3) is 0 Å². The lowest BCUT2D eigenvalue weighted by molar-refractivity contribution is -0.142. The molecule has 8 heteroatoms. The number of halogens is 2. The average molecular weight is 498 g/mol. The summed E-state index contributed by atoms with van der Waals surface area (Å²) in [5, 5.41) is 14.5. The summed E-state index contributed by atoms with van der Waals surface area (Å²) < 4.78 is 14.0. The molecule has 6 nitrogen and oxygen atoms in total. The normalized spacial score (nSPS) is 12.7. The standard InChI is InChI=1S/C20H20FIN2O4/c1-12(25)23-17(10-13-5-7-15(21)8-6-13)19(26)24-18(20(27)28)11-14-3-2-4-16(22)9-14/h2-9,17-18H,10-11H2,1H3,(H,23,25)(H,24,26)(H,27,28)/t17-,18+/m1/s1. The first-order chi connectivity index (χ1) is 13.2. The van der Waals surface area contributed by atoms with E-state index in [1.807, 2.05) is 18.2 Å². The molecule has 0 aliphatic rings. The van der Waals surface area contributed by atoms with Gasteiger partial charge in [-0.05, 0) is 58.0 Å². The summed E-state index contributed by atoms with van der Waals surface area (Å²) in [7, 11) is 0. The Hall–Kier alpha value is -2.49. The number of carboxylic acids is 1. The average Bonchev–Trinajstić information content (AvgIpc) is 2.62. The van der Waals surface area contributed by atoms with Crippen molar-refractivity contribution in [3.63, 3.8) is 0 Å². The van der Waals surface area contributed by atoms with Gasteiger partial charge < -0.3 is 15.7 Å². The maximum atomic E-state index is 13.1. The molecule has 0 heterocycles. The third-order valence-corrected chi connectivity index (χ3v) is 4.66. The van der Waals surface area contributed by atoms with Crippen LogP contribution in [-0.4, -0.2) is 35.0 Å². The van der Waals surface area contributed by atoms with Gasteiger partial charge in [-0.2, -0.15) is 0 Å². The second-order valence-corrected chi connectivity index (χ2v) is 7.56. The van der Waals surface area contributed by atoms with E-state index in [1.54, 1.807) is 6.07 Å². The largest absolute Gasteiger partial charge is 0.480 e. The number of carboxylic acid groups (broad SMARTS) is 1. The molecule has 0 saturated heterocycles. The lowest BCUT2D eigenvalue weighted by Gasteiger charge is -2.21. The number of hydrogen-bond donors (Lipinski definition) is 3. The molecule has 0 aliphatic heterocycles. The van der Waals surface area contributed by atoms with Crippen LogP contribution < -0.4 is 10.6 Å². The summed E-state index contributed by atoms with van der Waals surface area (Å²) in [6.07, 6.45) is 0.225. The van der Waals surface area contributed by atoms with Crippen molar-refractivity contribution in [2.45, 2.75) is 31.8 Å². The molecule has 2 aromatic rings. The monoisotopic (exact) mass is 498 g/mol. The van der Waals surface area contributed by atoms with E-state index in [1.165, 1.54) is 31.2 Å². The van der Waals surface area contributed by atoms with E-state index in [0.717, 1.165) is 9.13 Å². The minimum absolute atomic E-state index is 0.112. The molecule has 2 amide bonds. The van der Waals surface area contributed by atoms with E-state index >= 15 is 0 Å². The molecule has 0 fully saturated rings. The second kappa shape index (κ2) is 10.2. The van der Waals surface area contributed by atoms with E-state index in [-0.39, 0.29) is 12.8 Å². The van der Waals surface area contributed by atoms with Gasteiger partial charge in [0.25, 0.3) is 0 Å². The molecule has 0 aliphatic carbocycles. The van der Waals surface area contributed by atoms with Crippen molar-refractivity contribution in [1.82, 2.24) is 10.6 Å². The maximum Gasteiger partial charge on any atom is 0.326 e. The van der Waals surface area contributed by atoms with Crippen molar-refractivity contribution >= 4 is 40.4 Å². The van der Waals surface area contributed by atoms with Crippen molar-refractivity contribution in [2.24, 2.45) is 0 Å². The SMILES string of the molecule is CC(=O)N[C@H](Cc1ccc(F)cc1)C(=O)N[C@@H](Cc1cccc(I)c1)C(=O)O. The summed E-state index contributed by atoms with van der Waals surface area (Å²) in [6, 6.07) is 10.7. The van der Waals surface area contributed by atoms with Crippen LogP contribution in [0.4, 0.5) is 4.39 Å². The second-order valence-electron chi connectivity index (χ2n) is 6.32. The summed E-state index contributed by atoms with van der Waals surface area (Å²) in [4.78, 5) is 35.8. The highest BCUT2D eigenvalue weighted by Crippen LogP contribution is 2.11. The van der Waals surface area contributed by atoms with Crippen LogP contribution in [0.3, 0.4) is 0 Å². The molecule has 0 aromatic heterocycles. The number of carbonyl (C=O) groups is 3. The van der Waals surface area contributed by atoms with Gasteiger partial charge in [0, 0.05) is 23.3 Å². The molecular formula is C20H20FIN2O4. The van der Waals surface area contributed by atoms with Gasteiger partial charge in [0.05, 0.1) is 0 Å². The van der Waals surface area contributed by atoms with Crippen molar-refractivity contribution in [1.29, 1.82) is 0 Å². The molecule has 2 atom stereocenters. The Labute approximate surface area is 175 Å². The fourth-order valence-electron chi connectivity index (χ4n) is 2.68. The number of amides is 2. The van der Waals surface area contributed by atoms with Gasteiger partial charge in [0.1, 0.15) is 17.9 Å². The predicted octanol–water partition coefficient (Wildman–Crippen LogP) is 2.29. The zero-order valence-electron chi connectivity index (χ0n) is 15.1. The highest BCUT2D eigenvalue weighted by atomic mass is 127. The van der Waals surface area contributed by atoms with E-state index in [4.69, 9.17) is 0 Å². The van der Waals surface area contributed by atoms with E-state index in [9.17, 15) is 23.9 Å². The molecule has 0 unspecified atom stereocenters. The molecular weight excluding hydrogens is 478 g/mol. The number of carbonyl (C=O) groups excluding carboxylic acids is 2. The summed E-state index contributed by atoms with van der Waals surface area (Å²) in [6.45, 7) is 1.27. The van der Waals surface area contributed by atoms with Gasteiger partial charge in [0.2, 0.25) is 11.8 Å². The van der Waals surface area contributed by atoms with Crippen molar-refractivity contribution in [2.75, 3.05) is 0 Å². The third-order valence-electron chi connectivity index (χ3n) is 3.99. The third kappa shape index (κ3) is 6.91. The minimum atomic E-state index is -1.17. The van der Waals surface area contributed by atoms with Gasteiger partial charge in [-0.25, -0.2) is 9.18 Å². The number of aliphatic carboxylic acids is 1. The smallest absolute Gasteiger partial charge is 0.326 e. The molecule has 0 saturated carbocycles. The Morgan fingerprint density at radius 2 is 1.64 bits per heavy atom. The van der Waals surface area contributed by atoms with Crippen LogP contribution in [0.5, 0.6) is 0 Å². The predicted molar refractivity (Wildman–Crippen MR) is 110 cm³/mol. The van der Waals surface area contributed by atoms with Crippen LogP contribution in [-0.2, 0) is 27.2 Å². The maximum absolute atomic E-state index is 13.1. The van der Waals surface area contributed by atoms with Gasteiger partial charge in [-0.3, -0.25) is 9.59 Å². The Bertz CT molecular complexity index is 858. The topological polar surface area (TPSA) is 95.5 Å². The Kier molecular flexibility index (Phi) is 7.91. The Morgan fingerprint density at radius 3 is 2.21 bits per heavy atom. The summed E-state index contributed by atoms with van der Waals surface area (Å²) in [5.41, 5.74) is 1.41. The van der Waals surface area contributed by atoms with Crippen LogP contribution in [0.1, 0.15) is 18.1 Å². The minimum Gasteiger partial charge on any atom is -0.480 e. The molecule has 0 bridgehead atoms. The molecule has 148 valence electrons. The molecule has 2 aromatic carbocycles. The van der Waals surface area contributed by atoms with E-state index < -0.39 is 35.7 Å². The summed E-state index contributed by atoms with van der Waals surface area (Å²) in [5.74, 6) is -2.62. The number of hydrogen-bond acceptors (Lipinski definition) is 3. The van der Waals surface area contributed by atoms with Crippen molar-refractivity contribution in [3.05, 3.63) is 69.0 Å².